The molecule has 0 saturated carbocycles. The van der Waals surface area contributed by atoms with Gasteiger partial charge in [0.15, 0.2) is 6.04 Å². The molecule has 1 atom stereocenters. The van der Waals surface area contributed by atoms with Gasteiger partial charge < -0.3 is 15.7 Å². The van der Waals surface area contributed by atoms with Crippen molar-refractivity contribution in [1.29, 1.82) is 0 Å². The van der Waals surface area contributed by atoms with Crippen LogP contribution in [-0.4, -0.2) is 29.4 Å². The number of benzene rings is 1. The van der Waals surface area contributed by atoms with Crippen LogP contribution in [-0.2, 0) is 14.4 Å². The second-order valence-electron chi connectivity index (χ2n) is 5.92. The summed E-state index contributed by atoms with van der Waals surface area (Å²) < 4.78 is 0. The second-order valence-corrected chi connectivity index (χ2v) is 5.92. The Morgan fingerprint density at radius 2 is 1.83 bits per heavy atom. The minimum absolute atomic E-state index is 0.0643. The van der Waals surface area contributed by atoms with Gasteiger partial charge in [-0.05, 0) is 43.4 Å². The van der Waals surface area contributed by atoms with Crippen molar-refractivity contribution in [3.63, 3.8) is 0 Å². The normalized spacial score (nSPS) is 11.6. The van der Waals surface area contributed by atoms with Gasteiger partial charge in [-0.15, -0.1) is 0 Å². The van der Waals surface area contributed by atoms with Gasteiger partial charge in [0, 0.05) is 19.9 Å². The van der Waals surface area contributed by atoms with Gasteiger partial charge in [-0.1, -0.05) is 24.6 Å². The maximum atomic E-state index is 12.0. The molecule has 0 saturated heterocycles. The van der Waals surface area contributed by atoms with E-state index in [2.05, 4.69) is 10.6 Å². The third-order valence-corrected chi connectivity index (χ3v) is 3.96. The molecular formula is C18H26N2O4. The lowest BCUT2D eigenvalue weighted by Crippen LogP contribution is -2.34. The van der Waals surface area contributed by atoms with Crippen molar-refractivity contribution in [2.24, 2.45) is 0 Å². The number of carboxylic acids is 1. The number of unbranched alkanes of at least 4 members (excludes halogenated alkanes) is 2. The van der Waals surface area contributed by atoms with E-state index in [9.17, 15) is 19.5 Å². The number of carbonyl (C=O) groups excluding carboxylic acids is 2. The van der Waals surface area contributed by atoms with Gasteiger partial charge in [-0.25, -0.2) is 4.79 Å². The highest BCUT2D eigenvalue weighted by Crippen LogP contribution is 2.21. The molecule has 0 heterocycles. The van der Waals surface area contributed by atoms with E-state index >= 15 is 0 Å². The highest BCUT2D eigenvalue weighted by atomic mass is 16.4. The summed E-state index contributed by atoms with van der Waals surface area (Å²) in [6.07, 6.45) is 2.53. The third kappa shape index (κ3) is 6.40. The van der Waals surface area contributed by atoms with E-state index in [1.165, 1.54) is 6.92 Å². The Bertz CT molecular complexity index is 599. The minimum Gasteiger partial charge on any atom is -0.479 e. The Morgan fingerprint density at radius 1 is 1.12 bits per heavy atom. The molecule has 2 amide bonds. The van der Waals surface area contributed by atoms with Crippen molar-refractivity contribution in [2.75, 3.05) is 6.54 Å². The summed E-state index contributed by atoms with van der Waals surface area (Å²) in [6.45, 7) is 5.83. The summed E-state index contributed by atoms with van der Waals surface area (Å²) >= 11 is 0. The Balaban J connectivity index is 2.51. The molecule has 0 bridgehead atoms. The molecule has 0 fully saturated rings. The fourth-order valence-electron chi connectivity index (χ4n) is 2.44. The van der Waals surface area contributed by atoms with Gasteiger partial charge in [0.25, 0.3) is 0 Å². The maximum absolute atomic E-state index is 12.0. The summed E-state index contributed by atoms with van der Waals surface area (Å²) in [4.78, 5) is 34.3. The third-order valence-electron chi connectivity index (χ3n) is 3.96. The number of hydrogen-bond acceptors (Lipinski definition) is 3. The van der Waals surface area contributed by atoms with Crippen LogP contribution >= 0.6 is 0 Å². The van der Waals surface area contributed by atoms with E-state index in [0.29, 0.717) is 18.5 Å². The zero-order valence-corrected chi connectivity index (χ0v) is 14.5. The first-order valence-corrected chi connectivity index (χ1v) is 8.15. The van der Waals surface area contributed by atoms with Crippen LogP contribution in [0.4, 0.5) is 0 Å². The molecule has 0 radical (unpaired) electrons. The smallest absolute Gasteiger partial charge is 0.330 e. The Kier molecular flexibility index (Phi) is 7.95. The van der Waals surface area contributed by atoms with Crippen LogP contribution in [0.25, 0.3) is 0 Å². The molecule has 0 aliphatic heterocycles. The first kappa shape index (κ1) is 19.7. The van der Waals surface area contributed by atoms with Crippen LogP contribution in [0.15, 0.2) is 18.2 Å². The monoisotopic (exact) mass is 334 g/mol. The van der Waals surface area contributed by atoms with Crippen LogP contribution in [0.5, 0.6) is 0 Å². The number of carboxylic acid groups (broad SMARTS) is 1. The highest BCUT2D eigenvalue weighted by Gasteiger charge is 2.23. The van der Waals surface area contributed by atoms with Crippen molar-refractivity contribution < 1.29 is 19.5 Å². The molecule has 1 aromatic carbocycles. The summed E-state index contributed by atoms with van der Waals surface area (Å²) in [5, 5.41) is 14.7. The second kappa shape index (κ2) is 9.70. The number of nitrogens with one attached hydrogen (secondary N) is 2. The summed E-state index contributed by atoms with van der Waals surface area (Å²) in [7, 11) is 0. The van der Waals surface area contributed by atoms with E-state index in [-0.39, 0.29) is 18.2 Å². The molecule has 24 heavy (non-hydrogen) atoms. The SMILES string of the molecule is CC(=O)NCCCCCC(=O)NC(C(=O)O)c1cccc(C)c1C. The first-order valence-electron chi connectivity index (χ1n) is 8.15. The minimum atomic E-state index is -1.07. The predicted octanol–water partition coefficient (Wildman–Crippen LogP) is 2.24. The topological polar surface area (TPSA) is 95.5 Å². The summed E-state index contributed by atoms with van der Waals surface area (Å²) in [5.74, 6) is -1.41. The van der Waals surface area contributed by atoms with Gasteiger partial charge in [0.1, 0.15) is 0 Å². The molecule has 0 aromatic heterocycles. The summed E-state index contributed by atoms with van der Waals surface area (Å²) in [6, 6.07) is 4.41. The fourth-order valence-corrected chi connectivity index (χ4v) is 2.44. The molecule has 0 aliphatic rings. The van der Waals surface area contributed by atoms with Gasteiger partial charge in [0.2, 0.25) is 11.8 Å². The molecule has 6 nitrogen and oxygen atoms in total. The molecule has 6 heteroatoms. The number of rotatable bonds is 9. The van der Waals surface area contributed by atoms with Gasteiger partial charge in [-0.2, -0.15) is 0 Å². The molecule has 0 spiro atoms. The van der Waals surface area contributed by atoms with E-state index in [0.717, 1.165) is 24.0 Å². The van der Waals surface area contributed by atoms with Crippen LogP contribution in [0.2, 0.25) is 0 Å². The number of aryl methyl sites for hydroxylation is 1. The molecule has 1 unspecified atom stereocenters. The lowest BCUT2D eigenvalue weighted by Gasteiger charge is -2.18. The largest absolute Gasteiger partial charge is 0.479 e. The lowest BCUT2D eigenvalue weighted by molar-refractivity contribution is -0.142. The first-order chi connectivity index (χ1) is 11.3. The number of hydrogen-bond donors (Lipinski definition) is 3. The summed E-state index contributed by atoms with van der Waals surface area (Å²) in [5.41, 5.74) is 2.48. The quantitative estimate of drug-likeness (QED) is 0.604. The zero-order chi connectivity index (χ0) is 18.1. The van der Waals surface area contributed by atoms with E-state index < -0.39 is 12.0 Å². The van der Waals surface area contributed by atoms with E-state index in [1.807, 2.05) is 19.9 Å². The van der Waals surface area contributed by atoms with Crippen LogP contribution in [0, 0.1) is 13.8 Å². The van der Waals surface area contributed by atoms with Crippen molar-refractivity contribution in [2.45, 2.75) is 52.5 Å². The Hall–Kier alpha value is -2.37. The average molecular weight is 334 g/mol. The van der Waals surface area contributed by atoms with E-state index in [1.54, 1.807) is 12.1 Å². The molecule has 1 rings (SSSR count). The van der Waals surface area contributed by atoms with Crippen LogP contribution in [0.3, 0.4) is 0 Å². The molecule has 132 valence electrons. The van der Waals surface area contributed by atoms with Crippen molar-refractivity contribution in [3.05, 3.63) is 34.9 Å². The molecule has 1 aromatic rings. The van der Waals surface area contributed by atoms with Crippen LogP contribution < -0.4 is 10.6 Å². The standard InChI is InChI=1S/C18H26N2O4/c1-12-8-7-9-15(13(12)2)17(18(23)24)20-16(22)10-5-4-6-11-19-14(3)21/h7-9,17H,4-6,10-11H2,1-3H3,(H,19,21)(H,20,22)(H,23,24). The number of carbonyl (C=O) groups is 3. The van der Waals surface area contributed by atoms with Crippen molar-refractivity contribution in [3.8, 4) is 0 Å². The number of amides is 2. The average Bonchev–Trinajstić information content (AvgIpc) is 2.51. The van der Waals surface area contributed by atoms with Gasteiger partial charge in [0.05, 0.1) is 0 Å². The van der Waals surface area contributed by atoms with Gasteiger partial charge >= 0.3 is 5.97 Å². The van der Waals surface area contributed by atoms with Crippen molar-refractivity contribution in [1.82, 2.24) is 10.6 Å². The molecule has 3 N–H and O–H groups in total. The molecule has 0 aliphatic carbocycles. The highest BCUT2D eigenvalue weighted by molar-refractivity contribution is 5.84. The van der Waals surface area contributed by atoms with E-state index in [4.69, 9.17) is 0 Å². The maximum Gasteiger partial charge on any atom is 0.330 e. The zero-order valence-electron chi connectivity index (χ0n) is 14.5. The number of aliphatic carboxylic acids is 1. The molecular weight excluding hydrogens is 308 g/mol. The fraction of sp³-hybridized carbons (Fsp3) is 0.500. The van der Waals surface area contributed by atoms with Crippen molar-refractivity contribution >= 4 is 17.8 Å². The van der Waals surface area contributed by atoms with Crippen LogP contribution in [0.1, 0.15) is 55.3 Å². The Morgan fingerprint density at radius 3 is 2.46 bits per heavy atom. The Labute approximate surface area is 142 Å². The lowest BCUT2D eigenvalue weighted by atomic mass is 9.97. The predicted molar refractivity (Wildman–Crippen MR) is 91.6 cm³/mol. The van der Waals surface area contributed by atoms with Gasteiger partial charge in [-0.3, -0.25) is 9.59 Å².